The monoisotopic (exact) mass is 562 g/mol. The number of nitrogens with one attached hydrogen (secondary N) is 2. The third-order valence-corrected chi connectivity index (χ3v) is 7.16. The molecule has 0 bridgehead atoms. The van der Waals surface area contributed by atoms with Crippen LogP contribution in [0.5, 0.6) is 0 Å². The lowest BCUT2D eigenvalue weighted by atomic mass is 9.97. The second kappa shape index (κ2) is 12.0. The van der Waals surface area contributed by atoms with Gasteiger partial charge in [0.1, 0.15) is 11.9 Å². The van der Waals surface area contributed by atoms with Gasteiger partial charge in [-0.2, -0.15) is 13.2 Å². The van der Waals surface area contributed by atoms with Gasteiger partial charge >= 0.3 is 6.18 Å². The summed E-state index contributed by atoms with van der Waals surface area (Å²) in [7, 11) is 0. The van der Waals surface area contributed by atoms with Crippen molar-refractivity contribution >= 4 is 34.6 Å². The van der Waals surface area contributed by atoms with E-state index >= 15 is 0 Å². The minimum Gasteiger partial charge on any atom is -0.383 e. The van der Waals surface area contributed by atoms with Crippen LogP contribution in [0, 0.1) is 0 Å². The number of halogens is 3. The average molecular weight is 563 g/mol. The Balaban J connectivity index is 1.39. The maximum absolute atomic E-state index is 13.2. The van der Waals surface area contributed by atoms with Gasteiger partial charge in [0.15, 0.2) is 0 Å². The van der Waals surface area contributed by atoms with Crippen LogP contribution in [0.4, 0.5) is 30.4 Å². The van der Waals surface area contributed by atoms with Crippen molar-refractivity contribution in [2.75, 3.05) is 28.6 Å². The number of anilines is 3. The zero-order valence-electron chi connectivity index (χ0n) is 22.1. The quantitative estimate of drug-likeness (QED) is 0.270. The highest BCUT2D eigenvalue weighted by atomic mass is 19.4. The number of allylic oxidation sites excluding steroid dienone is 2. The lowest BCUT2D eigenvalue weighted by Gasteiger charge is -2.27. The predicted octanol–water partition coefficient (Wildman–Crippen LogP) is 5.57. The van der Waals surface area contributed by atoms with E-state index in [9.17, 15) is 27.9 Å². The normalized spacial score (nSPS) is 17.8. The van der Waals surface area contributed by atoms with Crippen molar-refractivity contribution in [2.45, 2.75) is 38.0 Å². The predicted molar refractivity (Wildman–Crippen MR) is 151 cm³/mol. The smallest absolute Gasteiger partial charge is 0.383 e. The van der Waals surface area contributed by atoms with E-state index in [4.69, 9.17) is 0 Å². The number of piperidine rings is 1. The van der Waals surface area contributed by atoms with E-state index in [2.05, 4.69) is 20.5 Å². The van der Waals surface area contributed by atoms with Crippen LogP contribution >= 0.6 is 0 Å². The Hall–Kier alpha value is -4.44. The molecule has 0 radical (unpaired) electrons. The fraction of sp³-hybridized carbons (Fsp3) is 0.258. The molecule has 3 aromatic rings. The van der Waals surface area contributed by atoms with E-state index in [0.717, 1.165) is 43.9 Å². The fourth-order valence-corrected chi connectivity index (χ4v) is 5.00. The van der Waals surface area contributed by atoms with E-state index in [1.54, 1.807) is 30.5 Å². The van der Waals surface area contributed by atoms with Crippen LogP contribution in [0.3, 0.4) is 0 Å². The van der Waals surface area contributed by atoms with E-state index in [0.29, 0.717) is 33.6 Å². The minimum absolute atomic E-state index is 0.0692. The lowest BCUT2D eigenvalue weighted by Crippen LogP contribution is -2.34. The number of benzene rings is 2. The van der Waals surface area contributed by atoms with Crippen LogP contribution < -0.4 is 15.5 Å². The molecule has 5 rings (SSSR count). The van der Waals surface area contributed by atoms with E-state index in [1.807, 2.05) is 12.1 Å². The molecule has 41 heavy (non-hydrogen) atoms. The molecule has 3 heterocycles. The molecule has 1 fully saturated rings. The van der Waals surface area contributed by atoms with Crippen LogP contribution in [0.15, 0.2) is 79.0 Å². The largest absolute Gasteiger partial charge is 0.416 e. The molecular weight excluding hydrogens is 533 g/mol. The first-order valence-corrected chi connectivity index (χ1v) is 13.4. The average Bonchev–Trinajstić information content (AvgIpc) is 2.97. The number of aromatic nitrogens is 1. The fourth-order valence-electron chi connectivity index (χ4n) is 5.00. The molecule has 2 aromatic carbocycles. The maximum Gasteiger partial charge on any atom is 0.416 e. The summed E-state index contributed by atoms with van der Waals surface area (Å²) in [5.74, 6) is -0.103. The number of carbonyl (C=O) groups is 2. The van der Waals surface area contributed by atoms with Gasteiger partial charge in [0.25, 0.3) is 5.91 Å². The van der Waals surface area contributed by atoms with Crippen LogP contribution in [-0.2, 0) is 22.2 Å². The molecule has 10 heteroatoms. The first kappa shape index (κ1) is 28.1. The van der Waals surface area contributed by atoms with Crippen molar-refractivity contribution < 1.29 is 27.9 Å². The highest BCUT2D eigenvalue weighted by molar-refractivity contribution is 6.03. The number of aliphatic hydroxyl groups excluding tert-OH is 1. The van der Waals surface area contributed by atoms with Gasteiger partial charge in [-0.15, -0.1) is 0 Å². The SMILES string of the molecule is O=C(/C=C/C=C(/c1ccc(C(F)(F)F)cc1)c1ccc(N2CCCCC2)nc1)Nc1cccc2c1CC(O)C(=O)N2. The van der Waals surface area contributed by atoms with E-state index in [-0.39, 0.29) is 6.42 Å². The first-order valence-electron chi connectivity index (χ1n) is 13.4. The third kappa shape index (κ3) is 6.66. The van der Waals surface area contributed by atoms with Crippen LogP contribution in [0.2, 0.25) is 0 Å². The Morgan fingerprint density at radius 2 is 1.76 bits per heavy atom. The van der Waals surface area contributed by atoms with E-state index < -0.39 is 29.7 Å². The van der Waals surface area contributed by atoms with Crippen LogP contribution in [0.25, 0.3) is 5.57 Å². The van der Waals surface area contributed by atoms with Gasteiger partial charge in [0.05, 0.1) is 5.56 Å². The number of aliphatic hydroxyl groups is 1. The summed E-state index contributed by atoms with van der Waals surface area (Å²) in [5, 5.41) is 15.3. The Bertz CT molecular complexity index is 1480. The van der Waals surface area contributed by atoms with Gasteiger partial charge in [-0.25, -0.2) is 4.98 Å². The Kier molecular flexibility index (Phi) is 8.21. The summed E-state index contributed by atoms with van der Waals surface area (Å²) in [6, 6.07) is 13.7. The number of carbonyl (C=O) groups excluding carboxylic acids is 2. The van der Waals surface area contributed by atoms with Gasteiger partial charge in [-0.1, -0.05) is 30.4 Å². The molecule has 3 N–H and O–H groups in total. The summed E-state index contributed by atoms with van der Waals surface area (Å²) in [5.41, 5.74) is 2.68. The molecule has 1 atom stereocenters. The van der Waals surface area contributed by atoms with Crippen molar-refractivity contribution in [2.24, 2.45) is 0 Å². The number of pyridine rings is 1. The molecule has 212 valence electrons. The Morgan fingerprint density at radius 1 is 1.02 bits per heavy atom. The molecule has 0 aliphatic carbocycles. The summed E-state index contributed by atoms with van der Waals surface area (Å²) in [4.78, 5) is 31.3. The van der Waals surface area contributed by atoms with Crippen molar-refractivity contribution in [3.05, 3.63) is 101 Å². The second-order valence-corrected chi connectivity index (χ2v) is 10.00. The molecule has 2 aliphatic heterocycles. The maximum atomic E-state index is 13.2. The van der Waals surface area contributed by atoms with Crippen LogP contribution in [-0.4, -0.2) is 41.1 Å². The zero-order chi connectivity index (χ0) is 29.0. The zero-order valence-corrected chi connectivity index (χ0v) is 22.1. The molecule has 7 nitrogen and oxygen atoms in total. The van der Waals surface area contributed by atoms with Gasteiger partial charge in [-0.3, -0.25) is 9.59 Å². The van der Waals surface area contributed by atoms with Gasteiger partial charge < -0.3 is 20.6 Å². The Morgan fingerprint density at radius 3 is 2.44 bits per heavy atom. The van der Waals surface area contributed by atoms with Crippen molar-refractivity contribution in [1.82, 2.24) is 4.98 Å². The number of amides is 2. The summed E-state index contributed by atoms with van der Waals surface area (Å²) in [6.07, 6.45) is 3.99. The van der Waals surface area contributed by atoms with Crippen molar-refractivity contribution in [1.29, 1.82) is 0 Å². The number of rotatable bonds is 6. The molecule has 1 unspecified atom stereocenters. The van der Waals surface area contributed by atoms with Gasteiger partial charge in [0.2, 0.25) is 5.91 Å². The molecule has 0 saturated carbocycles. The molecule has 1 saturated heterocycles. The Labute approximate surface area is 235 Å². The summed E-state index contributed by atoms with van der Waals surface area (Å²) in [6.45, 7) is 1.86. The number of alkyl halides is 3. The van der Waals surface area contributed by atoms with Crippen molar-refractivity contribution in [3.63, 3.8) is 0 Å². The minimum atomic E-state index is -4.45. The summed E-state index contributed by atoms with van der Waals surface area (Å²) >= 11 is 0. The number of nitrogens with zero attached hydrogens (tertiary/aromatic N) is 2. The molecule has 2 amide bonds. The molecule has 0 spiro atoms. The highest BCUT2D eigenvalue weighted by Crippen LogP contribution is 2.32. The number of fused-ring (bicyclic) bond motifs is 1. The van der Waals surface area contributed by atoms with E-state index in [1.165, 1.54) is 30.7 Å². The first-order chi connectivity index (χ1) is 19.7. The second-order valence-electron chi connectivity index (χ2n) is 10.00. The third-order valence-electron chi connectivity index (χ3n) is 7.16. The standard InChI is InChI=1S/C31H29F3N4O3/c32-31(33,34)22-13-10-20(11-14-22)23(21-12-15-28(35-19-21)38-16-2-1-3-17-38)6-4-9-29(40)36-25-7-5-8-26-24(25)18-27(39)30(41)37-26/h4-15,19,27,39H,1-3,16-18H2,(H,36,40)(H,37,41)/b9-4+,23-6-. The number of hydrogen-bond acceptors (Lipinski definition) is 5. The van der Waals surface area contributed by atoms with Gasteiger partial charge in [-0.05, 0) is 66.8 Å². The molecular formula is C31H29F3N4O3. The summed E-state index contributed by atoms with van der Waals surface area (Å²) < 4.78 is 39.5. The van der Waals surface area contributed by atoms with Crippen molar-refractivity contribution in [3.8, 4) is 0 Å². The lowest BCUT2D eigenvalue weighted by molar-refractivity contribution is -0.137. The van der Waals surface area contributed by atoms with Crippen LogP contribution in [0.1, 0.15) is 41.5 Å². The molecule has 2 aliphatic rings. The molecule has 1 aromatic heterocycles. The van der Waals surface area contributed by atoms with Gasteiger partial charge in [0, 0.05) is 54.3 Å². The highest BCUT2D eigenvalue weighted by Gasteiger charge is 2.30. The number of hydrogen-bond donors (Lipinski definition) is 3. The topological polar surface area (TPSA) is 94.6 Å².